The lowest BCUT2D eigenvalue weighted by Gasteiger charge is -2.36. The Balaban J connectivity index is 1.37. The van der Waals surface area contributed by atoms with Gasteiger partial charge in [0.05, 0.1) is 5.92 Å². The van der Waals surface area contributed by atoms with Crippen molar-refractivity contribution < 1.29 is 4.79 Å². The van der Waals surface area contributed by atoms with E-state index in [1.165, 1.54) is 11.3 Å². The van der Waals surface area contributed by atoms with Gasteiger partial charge in [-0.1, -0.05) is 66.8 Å². The number of carbonyl (C=O) groups excluding carboxylic acids is 1. The number of nitrogens with two attached hydrogens (primary N) is 1. The van der Waals surface area contributed by atoms with Crippen LogP contribution in [-0.4, -0.2) is 37.0 Å². The maximum absolute atomic E-state index is 12.1. The molecule has 1 heterocycles. The summed E-state index contributed by atoms with van der Waals surface area (Å²) in [6, 6.07) is 19.1. The average molecular weight is 388 g/mol. The molecule has 4 nitrogen and oxygen atoms in total. The molecule has 29 heavy (non-hydrogen) atoms. The van der Waals surface area contributed by atoms with Crippen molar-refractivity contribution in [2.45, 2.75) is 18.9 Å². The first-order chi connectivity index (χ1) is 14.2. The monoisotopic (exact) mass is 387 g/mol. The molecule has 1 amide bonds. The number of carbonyl (C=O) groups is 1. The van der Waals surface area contributed by atoms with Crippen LogP contribution in [0.2, 0.25) is 0 Å². The van der Waals surface area contributed by atoms with Crippen molar-refractivity contribution >= 4 is 11.6 Å². The summed E-state index contributed by atoms with van der Waals surface area (Å²) < 4.78 is 0. The van der Waals surface area contributed by atoms with E-state index in [1.54, 1.807) is 0 Å². The molecule has 2 aliphatic rings. The van der Waals surface area contributed by atoms with Crippen LogP contribution >= 0.6 is 0 Å². The summed E-state index contributed by atoms with van der Waals surface area (Å²) in [7, 11) is 0. The fourth-order valence-electron chi connectivity index (χ4n) is 4.37. The van der Waals surface area contributed by atoms with Gasteiger partial charge in [0.15, 0.2) is 0 Å². The van der Waals surface area contributed by atoms with Crippen LogP contribution in [0.5, 0.6) is 0 Å². The molecule has 0 aromatic heterocycles. The van der Waals surface area contributed by atoms with Gasteiger partial charge in [0.2, 0.25) is 5.91 Å². The van der Waals surface area contributed by atoms with Gasteiger partial charge in [-0.3, -0.25) is 9.69 Å². The Morgan fingerprint density at radius 1 is 0.966 bits per heavy atom. The number of anilines is 1. The fourth-order valence-corrected chi connectivity index (χ4v) is 4.37. The van der Waals surface area contributed by atoms with Crippen LogP contribution in [0.3, 0.4) is 0 Å². The van der Waals surface area contributed by atoms with Crippen molar-refractivity contribution in [3.05, 3.63) is 90.0 Å². The van der Waals surface area contributed by atoms with Gasteiger partial charge in [0, 0.05) is 38.4 Å². The van der Waals surface area contributed by atoms with Crippen LogP contribution in [0.25, 0.3) is 0 Å². The van der Waals surface area contributed by atoms with E-state index in [9.17, 15) is 4.79 Å². The number of benzene rings is 2. The summed E-state index contributed by atoms with van der Waals surface area (Å²) in [5.41, 5.74) is 9.34. The number of amides is 1. The lowest BCUT2D eigenvalue weighted by atomic mass is 9.81. The van der Waals surface area contributed by atoms with E-state index in [1.807, 2.05) is 12.2 Å². The summed E-state index contributed by atoms with van der Waals surface area (Å²) >= 11 is 0. The van der Waals surface area contributed by atoms with Gasteiger partial charge in [-0.05, 0) is 35.6 Å². The van der Waals surface area contributed by atoms with Crippen LogP contribution < -0.4 is 10.6 Å². The molecule has 2 aromatic rings. The van der Waals surface area contributed by atoms with Crippen molar-refractivity contribution in [2.24, 2.45) is 11.7 Å². The SMILES string of the molecule is NC(=O)C(c1ccc(N2CCN(Cc3ccccc3)CC2)cc1)C1C=CC=CC1. The van der Waals surface area contributed by atoms with E-state index in [4.69, 9.17) is 5.73 Å². The van der Waals surface area contributed by atoms with Crippen molar-refractivity contribution in [2.75, 3.05) is 31.1 Å². The van der Waals surface area contributed by atoms with Crippen molar-refractivity contribution in [3.63, 3.8) is 0 Å². The van der Waals surface area contributed by atoms with E-state index in [2.05, 4.69) is 76.5 Å². The first kappa shape index (κ1) is 19.5. The van der Waals surface area contributed by atoms with Crippen LogP contribution in [0, 0.1) is 5.92 Å². The van der Waals surface area contributed by atoms with Gasteiger partial charge >= 0.3 is 0 Å². The maximum atomic E-state index is 12.1. The van der Waals surface area contributed by atoms with Gasteiger partial charge in [-0.2, -0.15) is 0 Å². The molecular formula is C25H29N3O. The topological polar surface area (TPSA) is 49.6 Å². The van der Waals surface area contributed by atoms with E-state index >= 15 is 0 Å². The van der Waals surface area contributed by atoms with Gasteiger partial charge < -0.3 is 10.6 Å². The van der Waals surface area contributed by atoms with Gasteiger partial charge in [0.25, 0.3) is 0 Å². The Morgan fingerprint density at radius 3 is 2.31 bits per heavy atom. The van der Waals surface area contributed by atoms with Crippen LogP contribution in [-0.2, 0) is 11.3 Å². The quantitative estimate of drug-likeness (QED) is 0.822. The second-order valence-corrected chi connectivity index (χ2v) is 7.93. The highest BCUT2D eigenvalue weighted by molar-refractivity contribution is 5.83. The smallest absolute Gasteiger partial charge is 0.225 e. The zero-order chi connectivity index (χ0) is 20.1. The summed E-state index contributed by atoms with van der Waals surface area (Å²) in [5, 5.41) is 0. The number of primary amides is 1. The van der Waals surface area contributed by atoms with Crippen LogP contribution in [0.15, 0.2) is 78.9 Å². The molecule has 0 bridgehead atoms. The largest absolute Gasteiger partial charge is 0.369 e. The Kier molecular flexibility index (Phi) is 6.11. The average Bonchev–Trinajstić information content (AvgIpc) is 2.76. The first-order valence-electron chi connectivity index (χ1n) is 10.4. The Labute approximate surface area is 173 Å². The van der Waals surface area contributed by atoms with Crippen molar-refractivity contribution in [3.8, 4) is 0 Å². The lowest BCUT2D eigenvalue weighted by Crippen LogP contribution is -2.45. The first-order valence-corrected chi connectivity index (χ1v) is 10.4. The third-order valence-electron chi connectivity index (χ3n) is 5.99. The standard InChI is InChI=1S/C25H29N3O/c26-25(29)24(21-9-5-2-6-10-21)22-11-13-23(14-12-22)28-17-15-27(16-18-28)19-20-7-3-1-4-8-20/h1-9,11-14,21,24H,10,15-19H2,(H2,26,29). The molecule has 1 fully saturated rings. The normalized spacial score (nSPS) is 20.6. The minimum Gasteiger partial charge on any atom is -0.369 e. The predicted molar refractivity (Wildman–Crippen MR) is 119 cm³/mol. The molecule has 0 radical (unpaired) electrons. The Hall–Kier alpha value is -2.85. The minimum atomic E-state index is -0.270. The van der Waals surface area contributed by atoms with Crippen molar-refractivity contribution in [1.82, 2.24) is 4.90 Å². The lowest BCUT2D eigenvalue weighted by molar-refractivity contribution is -0.120. The number of hydrogen-bond donors (Lipinski definition) is 1. The summed E-state index contributed by atoms with van der Waals surface area (Å²) in [6.07, 6.45) is 9.08. The maximum Gasteiger partial charge on any atom is 0.225 e. The number of piperazine rings is 1. The van der Waals surface area contributed by atoms with E-state index in [0.717, 1.165) is 44.7 Å². The highest BCUT2D eigenvalue weighted by Gasteiger charge is 2.26. The molecule has 2 aromatic carbocycles. The number of hydrogen-bond acceptors (Lipinski definition) is 3. The van der Waals surface area contributed by atoms with Gasteiger partial charge in [0.1, 0.15) is 0 Å². The van der Waals surface area contributed by atoms with Gasteiger partial charge in [-0.15, -0.1) is 0 Å². The molecule has 1 aliphatic carbocycles. The molecule has 0 saturated carbocycles. The molecular weight excluding hydrogens is 358 g/mol. The van der Waals surface area contributed by atoms with Crippen LogP contribution in [0.4, 0.5) is 5.69 Å². The fraction of sp³-hybridized carbons (Fsp3) is 0.320. The third-order valence-corrected chi connectivity index (χ3v) is 5.99. The van der Waals surface area contributed by atoms with Crippen LogP contribution in [0.1, 0.15) is 23.5 Å². The van der Waals surface area contributed by atoms with E-state index in [0.29, 0.717) is 0 Å². The second-order valence-electron chi connectivity index (χ2n) is 7.93. The second kappa shape index (κ2) is 9.10. The number of rotatable bonds is 6. The summed E-state index contributed by atoms with van der Waals surface area (Å²) in [5.74, 6) is -0.380. The summed E-state index contributed by atoms with van der Waals surface area (Å²) in [4.78, 5) is 17.1. The van der Waals surface area contributed by atoms with Crippen molar-refractivity contribution in [1.29, 1.82) is 0 Å². The molecule has 0 spiro atoms. The molecule has 2 atom stereocenters. The molecule has 150 valence electrons. The van der Waals surface area contributed by atoms with Gasteiger partial charge in [-0.25, -0.2) is 0 Å². The number of allylic oxidation sites excluding steroid dienone is 4. The highest BCUT2D eigenvalue weighted by Crippen LogP contribution is 2.31. The molecule has 2 N–H and O–H groups in total. The molecule has 1 aliphatic heterocycles. The highest BCUT2D eigenvalue weighted by atomic mass is 16.1. The zero-order valence-corrected chi connectivity index (χ0v) is 16.8. The Bertz CT molecular complexity index is 865. The minimum absolute atomic E-state index is 0.143. The van der Waals surface area contributed by atoms with E-state index < -0.39 is 0 Å². The predicted octanol–water partition coefficient (Wildman–Crippen LogP) is 3.71. The molecule has 1 saturated heterocycles. The Morgan fingerprint density at radius 2 is 1.69 bits per heavy atom. The van der Waals surface area contributed by atoms with E-state index in [-0.39, 0.29) is 17.7 Å². The number of nitrogens with zero attached hydrogens (tertiary/aromatic N) is 2. The third kappa shape index (κ3) is 4.77. The molecule has 4 heteroatoms. The molecule has 2 unspecified atom stereocenters. The zero-order valence-electron chi connectivity index (χ0n) is 16.8. The molecule has 4 rings (SSSR count). The summed E-state index contributed by atoms with van der Waals surface area (Å²) in [6.45, 7) is 5.15.